The van der Waals surface area contributed by atoms with E-state index in [1.807, 2.05) is 0 Å². The topological polar surface area (TPSA) is 114 Å². The lowest BCUT2D eigenvalue weighted by Crippen LogP contribution is -2.48. The second-order valence-electron chi connectivity index (χ2n) is 7.05. The molecule has 1 aliphatic rings. The van der Waals surface area contributed by atoms with Gasteiger partial charge in [0.15, 0.2) is 0 Å². The molecule has 0 aromatic heterocycles. The number of anilines is 1. The molecule has 3 rings (SSSR count). The van der Waals surface area contributed by atoms with Gasteiger partial charge in [0.2, 0.25) is 10.0 Å². The maximum atomic E-state index is 13.3. The molecule has 2 atom stereocenters. The first-order chi connectivity index (χ1) is 14.6. The number of ether oxygens (including phenoxy) is 1. The highest BCUT2D eigenvalue weighted by atomic mass is 35.5. The SMILES string of the molecule is C[C@@H]1CN(S(=O)(=O)c2cc([N+](=O)[O-])ccc2N/N=C\c2ccc(Cl)cc2Cl)C[C@@H](C)O1. The van der Waals surface area contributed by atoms with Crippen molar-refractivity contribution in [2.75, 3.05) is 18.5 Å². The van der Waals surface area contributed by atoms with Gasteiger partial charge in [-0.05, 0) is 32.0 Å². The first-order valence-corrected chi connectivity index (χ1v) is 11.5. The third kappa shape index (κ3) is 5.52. The van der Waals surface area contributed by atoms with Crippen LogP contribution < -0.4 is 5.43 Å². The maximum absolute atomic E-state index is 13.3. The number of non-ortho nitro benzene ring substituents is 1. The lowest BCUT2D eigenvalue weighted by Gasteiger charge is -2.34. The average Bonchev–Trinajstić information content (AvgIpc) is 2.68. The molecular formula is C19H20Cl2N4O5S. The van der Waals surface area contributed by atoms with Gasteiger partial charge in [-0.2, -0.15) is 9.41 Å². The van der Waals surface area contributed by atoms with Crippen molar-refractivity contribution in [1.29, 1.82) is 0 Å². The fourth-order valence-corrected chi connectivity index (χ4v) is 5.38. The minimum Gasteiger partial charge on any atom is -0.373 e. The molecule has 1 N–H and O–H groups in total. The van der Waals surface area contributed by atoms with E-state index in [0.29, 0.717) is 15.6 Å². The van der Waals surface area contributed by atoms with E-state index < -0.39 is 14.9 Å². The number of nitro benzene ring substituents is 1. The highest BCUT2D eigenvalue weighted by Crippen LogP contribution is 2.31. The number of hydrogen-bond acceptors (Lipinski definition) is 7. The quantitative estimate of drug-likeness (QED) is 0.372. The first-order valence-electron chi connectivity index (χ1n) is 9.26. The molecule has 0 saturated carbocycles. The van der Waals surface area contributed by atoms with Crippen LogP contribution in [-0.2, 0) is 14.8 Å². The molecule has 0 bridgehead atoms. The summed E-state index contributed by atoms with van der Waals surface area (Å²) in [5.74, 6) is 0. The second kappa shape index (κ2) is 9.49. The number of hydrazone groups is 1. The van der Waals surface area contributed by atoms with Gasteiger partial charge in [0.05, 0.1) is 34.1 Å². The highest BCUT2D eigenvalue weighted by Gasteiger charge is 2.34. The van der Waals surface area contributed by atoms with Crippen LogP contribution in [0.25, 0.3) is 0 Å². The normalized spacial score (nSPS) is 20.1. The molecule has 166 valence electrons. The van der Waals surface area contributed by atoms with Crippen molar-refractivity contribution < 1.29 is 18.1 Å². The van der Waals surface area contributed by atoms with Crippen molar-refractivity contribution in [3.8, 4) is 0 Å². The summed E-state index contributed by atoms with van der Waals surface area (Å²) >= 11 is 12.0. The fourth-order valence-electron chi connectivity index (χ4n) is 3.17. The molecule has 0 unspecified atom stereocenters. The first kappa shape index (κ1) is 23.4. The Hall–Kier alpha value is -2.24. The van der Waals surface area contributed by atoms with Gasteiger partial charge in [0, 0.05) is 35.8 Å². The molecule has 0 spiro atoms. The van der Waals surface area contributed by atoms with E-state index in [-0.39, 0.29) is 41.6 Å². The van der Waals surface area contributed by atoms with Gasteiger partial charge in [0.1, 0.15) is 4.90 Å². The summed E-state index contributed by atoms with van der Waals surface area (Å²) in [6.45, 7) is 3.81. The standard InChI is InChI=1S/C19H20Cl2N4O5S/c1-12-10-24(11-13(2)30-12)31(28,29)19-8-16(25(26)27)5-6-18(19)23-22-9-14-3-4-15(20)7-17(14)21/h3-9,12-13,23H,10-11H2,1-2H3/b22-9-/t12-,13-/m1/s1. The van der Waals surface area contributed by atoms with Crippen LogP contribution in [0.15, 0.2) is 46.4 Å². The Kier molecular flexibility index (Phi) is 7.17. The predicted molar refractivity (Wildman–Crippen MR) is 120 cm³/mol. The van der Waals surface area contributed by atoms with Gasteiger partial charge in [-0.25, -0.2) is 8.42 Å². The van der Waals surface area contributed by atoms with Gasteiger partial charge >= 0.3 is 0 Å². The molecule has 0 aliphatic carbocycles. The van der Waals surface area contributed by atoms with Crippen molar-refractivity contribution in [2.45, 2.75) is 31.0 Å². The number of benzene rings is 2. The van der Waals surface area contributed by atoms with Crippen LogP contribution in [-0.4, -0.2) is 49.2 Å². The van der Waals surface area contributed by atoms with E-state index in [4.69, 9.17) is 27.9 Å². The number of halogens is 2. The number of hydrogen-bond donors (Lipinski definition) is 1. The summed E-state index contributed by atoms with van der Waals surface area (Å²) in [5, 5.41) is 16.1. The zero-order valence-electron chi connectivity index (χ0n) is 16.7. The number of morpholine rings is 1. The molecular weight excluding hydrogens is 467 g/mol. The summed E-state index contributed by atoms with van der Waals surface area (Å²) in [5.41, 5.74) is 2.96. The molecule has 1 aliphatic heterocycles. The smallest absolute Gasteiger partial charge is 0.270 e. The summed E-state index contributed by atoms with van der Waals surface area (Å²) in [4.78, 5) is 10.3. The Balaban J connectivity index is 1.95. The molecule has 1 saturated heterocycles. The molecule has 1 fully saturated rings. The van der Waals surface area contributed by atoms with Crippen molar-refractivity contribution in [3.63, 3.8) is 0 Å². The van der Waals surface area contributed by atoms with Gasteiger partial charge in [0.25, 0.3) is 5.69 Å². The Morgan fingerprint density at radius 1 is 1.19 bits per heavy atom. The van der Waals surface area contributed by atoms with Crippen LogP contribution >= 0.6 is 23.2 Å². The van der Waals surface area contributed by atoms with Crippen molar-refractivity contribution in [3.05, 3.63) is 62.1 Å². The highest BCUT2D eigenvalue weighted by molar-refractivity contribution is 7.89. The second-order valence-corrected chi connectivity index (χ2v) is 9.80. The molecule has 0 radical (unpaired) electrons. The monoisotopic (exact) mass is 486 g/mol. The molecule has 1 heterocycles. The number of nitrogens with zero attached hydrogens (tertiary/aromatic N) is 3. The minimum atomic E-state index is -4.05. The summed E-state index contributed by atoms with van der Waals surface area (Å²) in [6, 6.07) is 8.37. The Bertz CT molecular complexity index is 1120. The van der Waals surface area contributed by atoms with Crippen LogP contribution in [0.3, 0.4) is 0 Å². The third-order valence-electron chi connectivity index (χ3n) is 4.53. The molecule has 9 nitrogen and oxygen atoms in total. The van der Waals surface area contributed by atoms with Crippen LogP contribution in [0.2, 0.25) is 10.0 Å². The van der Waals surface area contributed by atoms with E-state index in [1.54, 1.807) is 32.0 Å². The number of nitro groups is 1. The minimum absolute atomic E-state index is 0.0960. The molecule has 2 aromatic carbocycles. The number of nitrogens with one attached hydrogen (secondary N) is 1. The summed E-state index contributed by atoms with van der Waals surface area (Å²) in [7, 11) is -4.05. The Labute approximate surface area is 189 Å². The average molecular weight is 487 g/mol. The zero-order valence-corrected chi connectivity index (χ0v) is 19.0. The van der Waals surface area contributed by atoms with E-state index in [2.05, 4.69) is 10.5 Å². The summed E-state index contributed by atoms with van der Waals surface area (Å²) < 4.78 is 33.5. The molecule has 12 heteroatoms. The van der Waals surface area contributed by atoms with Crippen molar-refractivity contribution >= 4 is 50.8 Å². The molecule has 0 amide bonds. The zero-order chi connectivity index (χ0) is 22.8. The lowest BCUT2D eigenvalue weighted by molar-refractivity contribution is -0.385. The van der Waals surface area contributed by atoms with Gasteiger partial charge in [-0.3, -0.25) is 15.5 Å². The lowest BCUT2D eigenvalue weighted by atomic mass is 10.2. The predicted octanol–water partition coefficient (Wildman–Crippen LogP) is 4.15. The van der Waals surface area contributed by atoms with Gasteiger partial charge in [-0.1, -0.05) is 29.3 Å². The van der Waals surface area contributed by atoms with Crippen LogP contribution in [0, 0.1) is 10.1 Å². The Morgan fingerprint density at radius 2 is 1.87 bits per heavy atom. The molecule has 31 heavy (non-hydrogen) atoms. The van der Waals surface area contributed by atoms with Crippen molar-refractivity contribution in [2.24, 2.45) is 5.10 Å². The van der Waals surface area contributed by atoms with E-state index >= 15 is 0 Å². The number of rotatable bonds is 6. The van der Waals surface area contributed by atoms with Crippen LogP contribution in [0.1, 0.15) is 19.4 Å². The third-order valence-corrected chi connectivity index (χ3v) is 6.97. The number of sulfonamides is 1. The van der Waals surface area contributed by atoms with E-state index in [9.17, 15) is 18.5 Å². The van der Waals surface area contributed by atoms with Gasteiger partial charge in [-0.15, -0.1) is 0 Å². The fraction of sp³-hybridized carbons (Fsp3) is 0.316. The largest absolute Gasteiger partial charge is 0.373 e. The summed E-state index contributed by atoms with van der Waals surface area (Å²) in [6.07, 6.45) is 0.785. The van der Waals surface area contributed by atoms with E-state index in [1.165, 1.54) is 22.7 Å². The maximum Gasteiger partial charge on any atom is 0.270 e. The van der Waals surface area contributed by atoms with E-state index in [0.717, 1.165) is 6.07 Å². The Morgan fingerprint density at radius 3 is 2.48 bits per heavy atom. The van der Waals surface area contributed by atoms with Crippen LogP contribution in [0.4, 0.5) is 11.4 Å². The molecule has 2 aromatic rings. The van der Waals surface area contributed by atoms with Gasteiger partial charge < -0.3 is 4.74 Å². The van der Waals surface area contributed by atoms with Crippen molar-refractivity contribution in [1.82, 2.24) is 4.31 Å². The van der Waals surface area contributed by atoms with Crippen LogP contribution in [0.5, 0.6) is 0 Å².